The average Bonchev–Trinajstić information content (AvgIpc) is 2.75. The van der Waals surface area contributed by atoms with Crippen LogP contribution in [0.5, 0.6) is 11.6 Å². The zero-order chi connectivity index (χ0) is 23.5. The summed E-state index contributed by atoms with van der Waals surface area (Å²) in [5, 5.41) is 2.62. The second kappa shape index (κ2) is 8.97. The van der Waals surface area contributed by atoms with E-state index in [9.17, 15) is 26.4 Å². The van der Waals surface area contributed by atoms with Crippen LogP contribution >= 0.6 is 0 Å². The Kier molecular flexibility index (Phi) is 6.51. The van der Waals surface area contributed by atoms with Gasteiger partial charge in [-0.2, -0.15) is 13.2 Å². The summed E-state index contributed by atoms with van der Waals surface area (Å²) in [4.78, 5) is 16.2. The monoisotopic (exact) mass is 465 g/mol. The highest BCUT2D eigenvalue weighted by molar-refractivity contribution is 7.89. The number of aromatic nitrogens is 1. The summed E-state index contributed by atoms with van der Waals surface area (Å²) in [6, 6.07) is 12.3. The van der Waals surface area contributed by atoms with Gasteiger partial charge in [0.1, 0.15) is 5.75 Å². The minimum atomic E-state index is -4.49. The van der Waals surface area contributed by atoms with E-state index in [4.69, 9.17) is 4.74 Å². The van der Waals surface area contributed by atoms with Crippen molar-refractivity contribution < 1.29 is 31.1 Å². The number of ether oxygens (including phenoxy) is 1. The topological polar surface area (TPSA) is 97.4 Å². The molecule has 3 rings (SSSR count). The standard InChI is InChI=1S/C21H18F3N3O4S/c1-13-3-7-16(11-18(13)32(29,30)25-2)27-20(28)14-4-8-17(9-5-14)31-19-10-6-15(12-26-19)21(22,23)24/h3-12,25H,1-2H3,(H,27,28). The lowest BCUT2D eigenvalue weighted by Gasteiger charge is -2.11. The van der Waals surface area contributed by atoms with Crippen LogP contribution in [-0.4, -0.2) is 26.4 Å². The summed E-state index contributed by atoms with van der Waals surface area (Å²) >= 11 is 0. The Morgan fingerprint density at radius 1 is 1.03 bits per heavy atom. The Morgan fingerprint density at radius 3 is 2.28 bits per heavy atom. The fourth-order valence-electron chi connectivity index (χ4n) is 2.68. The van der Waals surface area contributed by atoms with Crippen LogP contribution < -0.4 is 14.8 Å². The van der Waals surface area contributed by atoms with Gasteiger partial charge >= 0.3 is 6.18 Å². The number of halogens is 3. The van der Waals surface area contributed by atoms with E-state index in [0.29, 0.717) is 17.4 Å². The number of hydrogen-bond donors (Lipinski definition) is 2. The van der Waals surface area contributed by atoms with Crippen molar-refractivity contribution in [3.63, 3.8) is 0 Å². The van der Waals surface area contributed by atoms with Crippen LogP contribution in [0.25, 0.3) is 0 Å². The predicted octanol–water partition coefficient (Wildman–Crippen LogP) is 4.36. The first-order valence-corrected chi connectivity index (χ1v) is 10.6. The molecule has 0 bridgehead atoms. The molecule has 0 aliphatic rings. The van der Waals surface area contributed by atoms with Gasteiger partial charge < -0.3 is 10.1 Å². The Hall–Kier alpha value is -3.44. The van der Waals surface area contributed by atoms with Gasteiger partial charge in [-0.05, 0) is 62.0 Å². The molecule has 3 aromatic rings. The summed E-state index contributed by atoms with van der Waals surface area (Å²) < 4.78 is 69.6. The third kappa shape index (κ3) is 5.42. The molecule has 0 saturated heterocycles. The van der Waals surface area contributed by atoms with E-state index in [1.54, 1.807) is 19.1 Å². The first kappa shape index (κ1) is 23.2. The van der Waals surface area contributed by atoms with Crippen molar-refractivity contribution in [2.24, 2.45) is 0 Å². The molecule has 0 aliphatic heterocycles. The molecule has 2 N–H and O–H groups in total. The Morgan fingerprint density at radius 2 is 1.72 bits per heavy atom. The Balaban J connectivity index is 1.70. The number of alkyl halides is 3. The summed E-state index contributed by atoms with van der Waals surface area (Å²) in [5.74, 6) is -0.250. The molecular weight excluding hydrogens is 447 g/mol. The van der Waals surface area contributed by atoms with Crippen molar-refractivity contribution in [3.05, 3.63) is 77.5 Å². The number of anilines is 1. The zero-order valence-electron chi connectivity index (χ0n) is 16.9. The van der Waals surface area contributed by atoms with E-state index in [-0.39, 0.29) is 22.1 Å². The maximum absolute atomic E-state index is 12.6. The van der Waals surface area contributed by atoms with Gasteiger partial charge in [0.05, 0.1) is 10.5 Å². The van der Waals surface area contributed by atoms with Crippen LogP contribution in [0.1, 0.15) is 21.5 Å². The molecule has 0 saturated carbocycles. The molecule has 2 aromatic carbocycles. The molecule has 0 atom stereocenters. The number of hydrogen-bond acceptors (Lipinski definition) is 5. The van der Waals surface area contributed by atoms with Gasteiger partial charge in [0.25, 0.3) is 5.91 Å². The number of carbonyl (C=O) groups excluding carboxylic acids is 1. The average molecular weight is 465 g/mol. The summed E-state index contributed by atoms with van der Waals surface area (Å²) in [7, 11) is -2.39. The lowest BCUT2D eigenvalue weighted by atomic mass is 10.2. The van der Waals surface area contributed by atoms with E-state index in [1.165, 1.54) is 37.4 Å². The van der Waals surface area contributed by atoms with E-state index in [0.717, 1.165) is 12.1 Å². The Bertz CT molecular complexity index is 1230. The molecule has 7 nitrogen and oxygen atoms in total. The minimum absolute atomic E-state index is 0.0341. The smallest absolute Gasteiger partial charge is 0.417 e. The number of sulfonamides is 1. The largest absolute Gasteiger partial charge is 0.439 e. The third-order valence-electron chi connectivity index (χ3n) is 4.41. The molecule has 1 amide bonds. The fourth-order valence-corrected chi connectivity index (χ4v) is 3.68. The number of pyridine rings is 1. The maximum Gasteiger partial charge on any atom is 0.417 e. The van der Waals surface area contributed by atoms with Crippen LogP contribution in [0, 0.1) is 6.92 Å². The SMILES string of the molecule is CNS(=O)(=O)c1cc(NC(=O)c2ccc(Oc3ccc(C(F)(F)F)cn3)cc2)ccc1C. The zero-order valence-corrected chi connectivity index (χ0v) is 17.7. The number of nitrogens with zero attached hydrogens (tertiary/aromatic N) is 1. The van der Waals surface area contributed by atoms with E-state index < -0.39 is 27.7 Å². The number of amides is 1. The number of carbonyl (C=O) groups is 1. The first-order chi connectivity index (χ1) is 15.0. The number of rotatable bonds is 6. The van der Waals surface area contributed by atoms with Gasteiger partial charge in [0.2, 0.25) is 15.9 Å². The van der Waals surface area contributed by atoms with Crippen LogP contribution in [0.2, 0.25) is 0 Å². The molecule has 0 radical (unpaired) electrons. The van der Waals surface area contributed by atoms with Crippen LogP contribution in [0.3, 0.4) is 0 Å². The van der Waals surface area contributed by atoms with Gasteiger partial charge in [-0.15, -0.1) is 0 Å². The minimum Gasteiger partial charge on any atom is -0.439 e. The molecule has 168 valence electrons. The van der Waals surface area contributed by atoms with Gasteiger partial charge in [0.15, 0.2) is 0 Å². The molecular formula is C21H18F3N3O4S. The molecule has 1 aromatic heterocycles. The number of benzene rings is 2. The molecule has 0 spiro atoms. The van der Waals surface area contributed by atoms with Crippen LogP contribution in [0.15, 0.2) is 65.7 Å². The number of nitrogens with one attached hydrogen (secondary N) is 2. The predicted molar refractivity (Wildman–Crippen MR) is 111 cm³/mol. The lowest BCUT2D eigenvalue weighted by molar-refractivity contribution is -0.137. The molecule has 32 heavy (non-hydrogen) atoms. The van der Waals surface area contributed by atoms with Crippen LogP contribution in [0.4, 0.5) is 18.9 Å². The highest BCUT2D eigenvalue weighted by Crippen LogP contribution is 2.30. The molecule has 0 fully saturated rings. The second-order valence-electron chi connectivity index (χ2n) is 6.65. The van der Waals surface area contributed by atoms with E-state index >= 15 is 0 Å². The summed E-state index contributed by atoms with van der Waals surface area (Å²) in [6.45, 7) is 1.64. The molecule has 0 aliphatic carbocycles. The maximum atomic E-state index is 12.6. The van der Waals surface area contributed by atoms with Crippen molar-refractivity contribution in [1.29, 1.82) is 0 Å². The van der Waals surface area contributed by atoms with E-state index in [1.807, 2.05) is 0 Å². The van der Waals surface area contributed by atoms with Crippen molar-refractivity contribution in [1.82, 2.24) is 9.71 Å². The summed E-state index contributed by atoms with van der Waals surface area (Å²) in [5.41, 5.74) is 0.189. The summed E-state index contributed by atoms with van der Waals surface area (Å²) in [6.07, 6.45) is -3.82. The van der Waals surface area contributed by atoms with Crippen LogP contribution in [-0.2, 0) is 16.2 Å². The molecule has 1 heterocycles. The van der Waals surface area contributed by atoms with Gasteiger partial charge in [0, 0.05) is 23.5 Å². The van der Waals surface area contributed by atoms with Gasteiger partial charge in [-0.25, -0.2) is 18.1 Å². The fraction of sp³-hybridized carbons (Fsp3) is 0.143. The van der Waals surface area contributed by atoms with Gasteiger partial charge in [-0.3, -0.25) is 4.79 Å². The number of aryl methyl sites for hydroxylation is 1. The lowest BCUT2D eigenvalue weighted by Crippen LogP contribution is -2.20. The molecule has 11 heteroatoms. The quantitative estimate of drug-likeness (QED) is 0.564. The van der Waals surface area contributed by atoms with Gasteiger partial charge in [-0.1, -0.05) is 6.07 Å². The van der Waals surface area contributed by atoms with Crippen molar-refractivity contribution >= 4 is 21.6 Å². The van der Waals surface area contributed by atoms with Crippen molar-refractivity contribution in [2.45, 2.75) is 18.0 Å². The highest BCUT2D eigenvalue weighted by atomic mass is 32.2. The normalized spacial score (nSPS) is 11.8. The molecule has 0 unspecified atom stereocenters. The Labute approximate surface area is 182 Å². The highest BCUT2D eigenvalue weighted by Gasteiger charge is 2.30. The third-order valence-corrected chi connectivity index (χ3v) is 5.96. The van der Waals surface area contributed by atoms with Crippen molar-refractivity contribution in [3.8, 4) is 11.6 Å². The van der Waals surface area contributed by atoms with E-state index in [2.05, 4.69) is 15.0 Å². The van der Waals surface area contributed by atoms with Crippen molar-refractivity contribution in [2.75, 3.05) is 12.4 Å². The first-order valence-electron chi connectivity index (χ1n) is 9.16. The second-order valence-corrected chi connectivity index (χ2v) is 8.51.